The minimum atomic E-state index is 0.152. The van der Waals surface area contributed by atoms with Gasteiger partial charge in [0.05, 0.1) is 5.75 Å². The number of carbonyl (C=O) groups is 1. The molecule has 1 aromatic heterocycles. The second kappa shape index (κ2) is 5.41. The molecule has 0 aliphatic carbocycles. The summed E-state index contributed by atoms with van der Waals surface area (Å²) in [4.78, 5) is 16.8. The third-order valence-electron chi connectivity index (χ3n) is 2.60. The highest BCUT2D eigenvalue weighted by Crippen LogP contribution is 2.37. The maximum Gasteiger partial charge on any atom is 0.233 e. The first-order valence-corrected chi connectivity index (χ1v) is 6.41. The van der Waals surface area contributed by atoms with Crippen LogP contribution in [-0.4, -0.2) is 41.8 Å². The van der Waals surface area contributed by atoms with Crippen LogP contribution in [-0.2, 0) is 9.53 Å². The normalized spacial score (nSPS) is 20.7. The second-order valence-corrected chi connectivity index (χ2v) is 4.79. The molecule has 0 spiro atoms. The van der Waals surface area contributed by atoms with E-state index in [0.717, 1.165) is 18.7 Å². The molecule has 1 fully saturated rings. The largest absolute Gasteiger partial charge is 0.385 e. The van der Waals surface area contributed by atoms with Crippen molar-refractivity contribution in [2.75, 3.05) is 26.0 Å². The number of methoxy groups -OCH3 is 1. The van der Waals surface area contributed by atoms with E-state index in [2.05, 4.69) is 4.98 Å². The van der Waals surface area contributed by atoms with Gasteiger partial charge in [0.15, 0.2) is 0 Å². The van der Waals surface area contributed by atoms with Crippen molar-refractivity contribution >= 4 is 17.7 Å². The lowest BCUT2D eigenvalue weighted by Gasteiger charge is -2.22. The predicted octanol–water partition coefficient (Wildman–Crippen LogP) is 1.63. The molecule has 0 saturated carbocycles. The van der Waals surface area contributed by atoms with Gasteiger partial charge in [0, 0.05) is 32.2 Å². The van der Waals surface area contributed by atoms with Gasteiger partial charge < -0.3 is 14.6 Å². The van der Waals surface area contributed by atoms with Gasteiger partial charge in [0.2, 0.25) is 5.91 Å². The lowest BCUT2D eigenvalue weighted by molar-refractivity contribution is -0.128. The predicted molar refractivity (Wildman–Crippen MR) is 64.2 cm³/mol. The van der Waals surface area contributed by atoms with Crippen molar-refractivity contribution in [1.82, 2.24) is 9.88 Å². The maximum atomic E-state index is 11.7. The van der Waals surface area contributed by atoms with Crippen LogP contribution in [0.25, 0.3) is 0 Å². The molecule has 1 N–H and O–H groups in total. The quantitative estimate of drug-likeness (QED) is 0.796. The van der Waals surface area contributed by atoms with E-state index in [1.807, 2.05) is 23.2 Å². The summed E-state index contributed by atoms with van der Waals surface area (Å²) in [5.74, 6) is 0.803. The Morgan fingerprint density at radius 2 is 2.56 bits per heavy atom. The fourth-order valence-corrected chi connectivity index (χ4v) is 3.03. The zero-order valence-corrected chi connectivity index (χ0v) is 10.1. The number of H-pyrrole nitrogens is 1. The van der Waals surface area contributed by atoms with Crippen LogP contribution in [0.15, 0.2) is 18.3 Å². The Hall–Kier alpha value is -0.940. The highest BCUT2D eigenvalue weighted by atomic mass is 32.2. The fourth-order valence-electron chi connectivity index (χ4n) is 1.83. The fraction of sp³-hybridized carbons (Fsp3) is 0.545. The summed E-state index contributed by atoms with van der Waals surface area (Å²) < 4.78 is 5.01. The molecule has 88 valence electrons. The number of hydrogen-bond acceptors (Lipinski definition) is 3. The lowest BCUT2D eigenvalue weighted by atomic mass is 10.3. The number of rotatable bonds is 5. The smallest absolute Gasteiger partial charge is 0.233 e. The van der Waals surface area contributed by atoms with Gasteiger partial charge in [-0.1, -0.05) is 0 Å². The standard InChI is InChI=1S/C11H16N2O2S/c1-15-7-3-6-13-10(14)8-16-11(13)9-4-2-5-12-9/h2,4-5,11-12H,3,6-8H2,1H3. The van der Waals surface area contributed by atoms with Crippen LogP contribution in [0.3, 0.4) is 0 Å². The molecule has 2 heterocycles. The summed E-state index contributed by atoms with van der Waals surface area (Å²) >= 11 is 1.68. The molecule has 2 rings (SSSR count). The Morgan fingerprint density at radius 1 is 1.69 bits per heavy atom. The van der Waals surface area contributed by atoms with Crippen LogP contribution < -0.4 is 0 Å². The van der Waals surface area contributed by atoms with Crippen LogP contribution in [0.5, 0.6) is 0 Å². The van der Waals surface area contributed by atoms with Gasteiger partial charge in [-0.05, 0) is 18.6 Å². The average molecular weight is 240 g/mol. The Bertz CT molecular complexity index is 340. The second-order valence-electron chi connectivity index (χ2n) is 3.72. The molecular formula is C11H16N2O2S. The highest BCUT2D eigenvalue weighted by Gasteiger charge is 2.32. The molecule has 0 bridgehead atoms. The van der Waals surface area contributed by atoms with Gasteiger partial charge in [0.25, 0.3) is 0 Å². The Kier molecular flexibility index (Phi) is 3.90. The Labute approximate surface area is 99.3 Å². The van der Waals surface area contributed by atoms with Crippen LogP contribution in [0.1, 0.15) is 17.5 Å². The zero-order chi connectivity index (χ0) is 11.4. The molecule has 0 aromatic carbocycles. The minimum Gasteiger partial charge on any atom is -0.385 e. The van der Waals surface area contributed by atoms with Gasteiger partial charge in [-0.25, -0.2) is 0 Å². The van der Waals surface area contributed by atoms with E-state index in [0.29, 0.717) is 12.4 Å². The molecule has 1 aliphatic rings. The van der Waals surface area contributed by atoms with E-state index >= 15 is 0 Å². The number of hydrogen-bond donors (Lipinski definition) is 1. The van der Waals surface area contributed by atoms with E-state index in [1.54, 1.807) is 18.9 Å². The molecule has 16 heavy (non-hydrogen) atoms. The number of aromatic nitrogens is 1. The maximum absolute atomic E-state index is 11.7. The summed E-state index contributed by atoms with van der Waals surface area (Å²) in [6.07, 6.45) is 2.78. The number of nitrogens with zero attached hydrogens (tertiary/aromatic N) is 1. The molecule has 1 aliphatic heterocycles. The van der Waals surface area contributed by atoms with Crippen molar-refractivity contribution in [3.63, 3.8) is 0 Å². The first-order valence-electron chi connectivity index (χ1n) is 5.36. The monoisotopic (exact) mass is 240 g/mol. The van der Waals surface area contributed by atoms with Crippen molar-refractivity contribution in [1.29, 1.82) is 0 Å². The van der Waals surface area contributed by atoms with Gasteiger partial charge in [-0.2, -0.15) is 0 Å². The molecule has 1 unspecified atom stereocenters. The van der Waals surface area contributed by atoms with Crippen LogP contribution >= 0.6 is 11.8 Å². The van der Waals surface area contributed by atoms with Gasteiger partial charge >= 0.3 is 0 Å². The summed E-state index contributed by atoms with van der Waals surface area (Å²) in [5, 5.41) is 0.152. The van der Waals surface area contributed by atoms with E-state index in [4.69, 9.17) is 4.74 Å². The van der Waals surface area contributed by atoms with Crippen molar-refractivity contribution in [3.05, 3.63) is 24.0 Å². The van der Waals surface area contributed by atoms with Crippen molar-refractivity contribution in [3.8, 4) is 0 Å². The lowest BCUT2D eigenvalue weighted by Crippen LogP contribution is -2.29. The summed E-state index contributed by atoms with van der Waals surface area (Å²) in [6, 6.07) is 3.99. The summed E-state index contributed by atoms with van der Waals surface area (Å²) in [6.45, 7) is 1.47. The Balaban J connectivity index is 1.99. The number of amides is 1. The van der Waals surface area contributed by atoms with Gasteiger partial charge in [0.1, 0.15) is 5.37 Å². The number of ether oxygens (including phenoxy) is 1. The van der Waals surface area contributed by atoms with E-state index < -0.39 is 0 Å². The van der Waals surface area contributed by atoms with Crippen molar-refractivity contribution in [2.45, 2.75) is 11.8 Å². The summed E-state index contributed by atoms with van der Waals surface area (Å²) in [5.41, 5.74) is 1.10. The van der Waals surface area contributed by atoms with E-state index in [1.165, 1.54) is 0 Å². The SMILES string of the molecule is COCCCN1C(=O)CSC1c1ccc[nH]1. The van der Waals surface area contributed by atoms with Crippen LogP contribution in [0, 0.1) is 0 Å². The molecular weight excluding hydrogens is 224 g/mol. The third kappa shape index (κ3) is 2.41. The minimum absolute atomic E-state index is 0.152. The van der Waals surface area contributed by atoms with E-state index in [9.17, 15) is 4.79 Å². The van der Waals surface area contributed by atoms with Gasteiger partial charge in [-0.15, -0.1) is 11.8 Å². The first-order chi connectivity index (χ1) is 7.83. The molecule has 1 aromatic rings. The number of aromatic amines is 1. The Morgan fingerprint density at radius 3 is 3.25 bits per heavy atom. The summed E-state index contributed by atoms with van der Waals surface area (Å²) in [7, 11) is 1.68. The number of nitrogens with one attached hydrogen (secondary N) is 1. The van der Waals surface area contributed by atoms with Crippen LogP contribution in [0.2, 0.25) is 0 Å². The zero-order valence-electron chi connectivity index (χ0n) is 9.31. The third-order valence-corrected chi connectivity index (χ3v) is 3.84. The first kappa shape index (κ1) is 11.5. The number of carbonyl (C=O) groups excluding carboxylic acids is 1. The molecule has 4 nitrogen and oxygen atoms in total. The molecule has 1 atom stereocenters. The molecule has 0 radical (unpaired) electrons. The van der Waals surface area contributed by atoms with Crippen molar-refractivity contribution < 1.29 is 9.53 Å². The number of thioether (sulfide) groups is 1. The van der Waals surface area contributed by atoms with Gasteiger partial charge in [-0.3, -0.25) is 4.79 Å². The topological polar surface area (TPSA) is 45.3 Å². The van der Waals surface area contributed by atoms with Crippen LogP contribution in [0.4, 0.5) is 0 Å². The van der Waals surface area contributed by atoms with E-state index in [-0.39, 0.29) is 11.3 Å². The van der Waals surface area contributed by atoms with Crippen molar-refractivity contribution in [2.24, 2.45) is 0 Å². The molecule has 5 heteroatoms. The highest BCUT2D eigenvalue weighted by molar-refractivity contribution is 8.00. The molecule has 1 amide bonds. The molecule has 1 saturated heterocycles. The average Bonchev–Trinajstić information content (AvgIpc) is 2.89.